The maximum atomic E-state index is 11.8. The van der Waals surface area contributed by atoms with Gasteiger partial charge in [0.2, 0.25) is 0 Å². The molecule has 2 aromatic heterocycles. The van der Waals surface area contributed by atoms with E-state index in [2.05, 4.69) is 4.98 Å². The van der Waals surface area contributed by atoms with E-state index in [0.29, 0.717) is 11.9 Å². The summed E-state index contributed by atoms with van der Waals surface area (Å²) in [6.45, 7) is 0.712. The fraction of sp³-hybridized carbons (Fsp3) is 0.300. The van der Waals surface area contributed by atoms with Gasteiger partial charge in [0.25, 0.3) is 0 Å². The molecule has 3 aromatic rings. The fourth-order valence-corrected chi connectivity index (χ4v) is 4.83. The van der Waals surface area contributed by atoms with E-state index >= 15 is 0 Å². The van der Waals surface area contributed by atoms with Crippen molar-refractivity contribution >= 4 is 50.1 Å². The third-order valence-electron chi connectivity index (χ3n) is 4.77. The minimum absolute atomic E-state index is 0.0611. The standard InChI is InChI=1S/C13H14N2O4S.C7H7ClS/c1-20(18,19)13-9-7-11-8(6-12(16)17)3-5-15(11)10(9)2-4-14-13;1-9-7-4-2-6(8)3-5-7/h2,4,7-8H,3,5-6H2,1H3,(H,16,17);2-5H,1H3. The van der Waals surface area contributed by atoms with Crippen molar-refractivity contribution in [1.29, 1.82) is 0 Å². The first-order chi connectivity index (χ1) is 13.7. The Morgan fingerprint density at radius 1 is 1.31 bits per heavy atom. The van der Waals surface area contributed by atoms with Gasteiger partial charge in [0.05, 0.1) is 11.9 Å². The maximum absolute atomic E-state index is 11.8. The Morgan fingerprint density at radius 3 is 2.59 bits per heavy atom. The third kappa shape index (κ3) is 4.94. The highest BCUT2D eigenvalue weighted by atomic mass is 35.5. The van der Waals surface area contributed by atoms with Crippen LogP contribution in [0.4, 0.5) is 0 Å². The number of hydrogen-bond acceptors (Lipinski definition) is 5. The largest absolute Gasteiger partial charge is 0.481 e. The number of carbonyl (C=O) groups is 1. The maximum Gasteiger partial charge on any atom is 0.304 e. The van der Waals surface area contributed by atoms with E-state index in [4.69, 9.17) is 16.7 Å². The van der Waals surface area contributed by atoms with Gasteiger partial charge in [-0.3, -0.25) is 4.79 Å². The molecule has 154 valence electrons. The van der Waals surface area contributed by atoms with Crippen LogP contribution in [0.1, 0.15) is 24.5 Å². The van der Waals surface area contributed by atoms with Gasteiger partial charge in [0.1, 0.15) is 0 Å². The molecule has 1 N–H and O–H groups in total. The number of aryl methyl sites for hydroxylation is 1. The van der Waals surface area contributed by atoms with Gasteiger partial charge in [0.15, 0.2) is 14.9 Å². The SMILES string of the molecule is CS(=O)(=O)c1nccc2c1cc1n2CCC1CC(=O)O.CSc1ccc(Cl)cc1. The Bertz CT molecular complexity index is 1140. The molecule has 1 aromatic carbocycles. The van der Waals surface area contributed by atoms with Crippen LogP contribution in [0.15, 0.2) is 52.5 Å². The molecule has 1 atom stereocenters. The van der Waals surface area contributed by atoms with Crippen LogP contribution < -0.4 is 0 Å². The van der Waals surface area contributed by atoms with E-state index in [0.717, 1.165) is 28.9 Å². The third-order valence-corrected chi connectivity index (χ3v) is 6.79. The molecule has 0 bridgehead atoms. The van der Waals surface area contributed by atoms with Crippen molar-refractivity contribution in [3.05, 3.63) is 53.3 Å². The molecule has 1 unspecified atom stereocenters. The van der Waals surface area contributed by atoms with Crippen molar-refractivity contribution < 1.29 is 18.3 Å². The Morgan fingerprint density at radius 2 is 2.00 bits per heavy atom. The molecule has 1 aliphatic heterocycles. The Balaban J connectivity index is 0.000000224. The normalized spacial score (nSPS) is 15.6. The van der Waals surface area contributed by atoms with Gasteiger partial charge in [-0.25, -0.2) is 13.4 Å². The van der Waals surface area contributed by atoms with Gasteiger partial charge < -0.3 is 9.67 Å². The number of fused-ring (bicyclic) bond motifs is 3. The zero-order valence-electron chi connectivity index (χ0n) is 16.0. The van der Waals surface area contributed by atoms with E-state index < -0.39 is 15.8 Å². The van der Waals surface area contributed by atoms with Gasteiger partial charge in [-0.2, -0.15) is 0 Å². The zero-order chi connectivity index (χ0) is 21.2. The van der Waals surface area contributed by atoms with Crippen molar-refractivity contribution in [3.63, 3.8) is 0 Å². The van der Waals surface area contributed by atoms with E-state index in [-0.39, 0.29) is 17.4 Å². The Labute approximate surface area is 178 Å². The first-order valence-corrected chi connectivity index (χ1v) is 12.4. The summed E-state index contributed by atoms with van der Waals surface area (Å²) >= 11 is 7.38. The second-order valence-corrected chi connectivity index (χ2v) is 10.0. The molecule has 0 fully saturated rings. The molecule has 0 aliphatic carbocycles. The van der Waals surface area contributed by atoms with Gasteiger partial charge in [0, 0.05) is 45.9 Å². The predicted octanol–water partition coefficient (Wildman–Crippen LogP) is 4.46. The van der Waals surface area contributed by atoms with Crippen LogP contribution in [0.2, 0.25) is 5.02 Å². The highest BCUT2D eigenvalue weighted by molar-refractivity contribution is 7.98. The predicted molar refractivity (Wildman–Crippen MR) is 116 cm³/mol. The summed E-state index contributed by atoms with van der Waals surface area (Å²) in [6, 6.07) is 11.4. The summed E-state index contributed by atoms with van der Waals surface area (Å²) in [5.41, 5.74) is 1.70. The van der Waals surface area contributed by atoms with E-state index in [1.165, 1.54) is 11.1 Å². The molecule has 0 saturated carbocycles. The molecule has 29 heavy (non-hydrogen) atoms. The number of halogens is 1. The second kappa shape index (κ2) is 8.77. The smallest absolute Gasteiger partial charge is 0.304 e. The lowest BCUT2D eigenvalue weighted by Gasteiger charge is -2.04. The number of rotatable bonds is 4. The van der Waals surface area contributed by atoms with Crippen molar-refractivity contribution in [3.8, 4) is 0 Å². The molecule has 4 rings (SSSR count). The lowest BCUT2D eigenvalue weighted by Crippen LogP contribution is -2.03. The number of aromatic nitrogens is 2. The van der Waals surface area contributed by atoms with Gasteiger partial charge in [-0.1, -0.05) is 11.6 Å². The highest BCUT2D eigenvalue weighted by Gasteiger charge is 2.28. The minimum atomic E-state index is -3.40. The Hall–Kier alpha value is -2.03. The number of aliphatic carboxylic acids is 1. The zero-order valence-corrected chi connectivity index (χ0v) is 18.4. The topological polar surface area (TPSA) is 89.3 Å². The van der Waals surface area contributed by atoms with Crippen LogP contribution in [-0.4, -0.2) is 41.6 Å². The lowest BCUT2D eigenvalue weighted by molar-refractivity contribution is -0.137. The number of carboxylic acids is 1. The first-order valence-electron chi connectivity index (χ1n) is 8.90. The van der Waals surface area contributed by atoms with Gasteiger partial charge >= 0.3 is 5.97 Å². The van der Waals surface area contributed by atoms with Crippen molar-refractivity contribution in [2.45, 2.75) is 35.2 Å². The monoisotopic (exact) mass is 452 g/mol. The molecule has 6 nitrogen and oxygen atoms in total. The van der Waals surface area contributed by atoms with Crippen LogP contribution in [0.5, 0.6) is 0 Å². The number of thioether (sulfide) groups is 1. The van der Waals surface area contributed by atoms with Crippen molar-refractivity contribution in [2.24, 2.45) is 0 Å². The van der Waals surface area contributed by atoms with Crippen LogP contribution >= 0.6 is 23.4 Å². The highest BCUT2D eigenvalue weighted by Crippen LogP contribution is 2.37. The lowest BCUT2D eigenvalue weighted by atomic mass is 10.0. The molecule has 1 aliphatic rings. The van der Waals surface area contributed by atoms with Gasteiger partial charge in [-0.15, -0.1) is 11.8 Å². The number of hydrogen-bond donors (Lipinski definition) is 1. The summed E-state index contributed by atoms with van der Waals surface area (Å²) in [5, 5.41) is 10.4. The average Bonchev–Trinajstić information content (AvgIpc) is 3.21. The summed E-state index contributed by atoms with van der Waals surface area (Å²) in [5.74, 6) is -0.900. The molecule has 3 heterocycles. The van der Waals surface area contributed by atoms with E-state index in [1.54, 1.807) is 23.9 Å². The molecule has 0 spiro atoms. The Kier molecular flexibility index (Phi) is 6.55. The number of pyridine rings is 1. The van der Waals surface area contributed by atoms with Crippen LogP contribution in [0.3, 0.4) is 0 Å². The van der Waals surface area contributed by atoms with Crippen LogP contribution in [-0.2, 0) is 21.2 Å². The molecular formula is C20H21ClN2O4S2. The van der Waals surface area contributed by atoms with Crippen molar-refractivity contribution in [2.75, 3.05) is 12.5 Å². The van der Waals surface area contributed by atoms with E-state index in [9.17, 15) is 13.2 Å². The second-order valence-electron chi connectivity index (χ2n) is 6.78. The molecular weight excluding hydrogens is 432 g/mol. The van der Waals surface area contributed by atoms with Crippen molar-refractivity contribution in [1.82, 2.24) is 9.55 Å². The first kappa shape index (κ1) is 21.7. The number of carboxylic acid groups (broad SMARTS) is 1. The number of sulfone groups is 1. The molecule has 0 radical (unpaired) electrons. The number of benzene rings is 1. The summed E-state index contributed by atoms with van der Waals surface area (Å²) in [7, 11) is -3.40. The summed E-state index contributed by atoms with van der Waals surface area (Å²) in [6.07, 6.45) is 5.50. The van der Waals surface area contributed by atoms with E-state index in [1.807, 2.05) is 35.1 Å². The van der Waals surface area contributed by atoms with Crippen LogP contribution in [0, 0.1) is 0 Å². The molecule has 0 amide bonds. The number of nitrogens with zero attached hydrogens (tertiary/aromatic N) is 2. The fourth-order valence-electron chi connectivity index (χ4n) is 3.48. The summed E-state index contributed by atoms with van der Waals surface area (Å²) in [4.78, 5) is 16.1. The van der Waals surface area contributed by atoms with Crippen LogP contribution in [0.25, 0.3) is 10.9 Å². The quantitative estimate of drug-likeness (QED) is 0.587. The molecule has 9 heteroatoms. The van der Waals surface area contributed by atoms with Gasteiger partial charge in [-0.05, 0) is 49.1 Å². The average molecular weight is 453 g/mol. The summed E-state index contributed by atoms with van der Waals surface area (Å²) < 4.78 is 25.5. The minimum Gasteiger partial charge on any atom is -0.481 e. The molecule has 0 saturated heterocycles.